The van der Waals surface area contributed by atoms with Crippen molar-refractivity contribution >= 4 is 0 Å². The van der Waals surface area contributed by atoms with E-state index in [-0.39, 0.29) is 0 Å². The van der Waals surface area contributed by atoms with E-state index in [1.807, 2.05) is 30.5 Å². The Balaban J connectivity index is 2.51. The van der Waals surface area contributed by atoms with Gasteiger partial charge >= 0.3 is 0 Å². The number of hydrogen-bond acceptors (Lipinski definition) is 2. The highest BCUT2D eigenvalue weighted by atomic mass is 16.5. The molecule has 0 aliphatic heterocycles. The van der Waals surface area contributed by atoms with Crippen LogP contribution < -0.4 is 4.74 Å². The standard InChI is InChI=1S/C10H9N2O/c1-13-10-6-3-2-5-9(10)12-8-4-7-11-12/h2-6,8H,1H3. The molecule has 1 aromatic carbocycles. The third kappa shape index (κ3) is 1.40. The Labute approximate surface area is 76.6 Å². The second-order valence-corrected chi connectivity index (χ2v) is 2.56. The van der Waals surface area contributed by atoms with Crippen molar-refractivity contribution < 1.29 is 4.74 Å². The SMILES string of the molecule is COc1ccccc1-n1cc[c]n1. The molecule has 1 heterocycles. The molecule has 65 valence electrons. The van der Waals surface area contributed by atoms with Gasteiger partial charge < -0.3 is 4.74 Å². The van der Waals surface area contributed by atoms with Crippen LogP contribution in [0.25, 0.3) is 5.69 Å². The van der Waals surface area contributed by atoms with Crippen LogP contribution in [-0.4, -0.2) is 16.9 Å². The van der Waals surface area contributed by atoms with Crippen LogP contribution in [-0.2, 0) is 0 Å². The second kappa shape index (κ2) is 3.31. The zero-order valence-electron chi connectivity index (χ0n) is 7.27. The van der Waals surface area contributed by atoms with Crippen LogP contribution in [0.1, 0.15) is 0 Å². The van der Waals surface area contributed by atoms with Crippen molar-refractivity contribution in [3.63, 3.8) is 0 Å². The summed E-state index contributed by atoms with van der Waals surface area (Å²) in [5, 5.41) is 4.01. The monoisotopic (exact) mass is 173 g/mol. The molecule has 13 heavy (non-hydrogen) atoms. The molecule has 3 nitrogen and oxygen atoms in total. The Morgan fingerprint density at radius 2 is 2.23 bits per heavy atom. The van der Waals surface area contributed by atoms with Crippen LogP contribution in [0.15, 0.2) is 36.5 Å². The third-order valence-electron chi connectivity index (χ3n) is 1.79. The fourth-order valence-corrected chi connectivity index (χ4v) is 1.19. The summed E-state index contributed by atoms with van der Waals surface area (Å²) in [6.07, 6.45) is 4.57. The fraction of sp³-hybridized carbons (Fsp3) is 0.100. The summed E-state index contributed by atoms with van der Waals surface area (Å²) < 4.78 is 6.92. The van der Waals surface area contributed by atoms with Gasteiger partial charge in [-0.15, -0.1) is 0 Å². The molecule has 0 atom stereocenters. The number of rotatable bonds is 2. The minimum atomic E-state index is 0.805. The van der Waals surface area contributed by atoms with Crippen molar-refractivity contribution in [3.8, 4) is 11.4 Å². The molecule has 0 N–H and O–H groups in total. The zero-order valence-corrected chi connectivity index (χ0v) is 7.27. The van der Waals surface area contributed by atoms with E-state index < -0.39 is 0 Å². The maximum Gasteiger partial charge on any atom is 0.144 e. The molecule has 0 spiro atoms. The van der Waals surface area contributed by atoms with E-state index in [0.717, 1.165) is 11.4 Å². The number of aromatic nitrogens is 2. The Morgan fingerprint density at radius 3 is 2.92 bits per heavy atom. The molecule has 0 saturated heterocycles. The summed E-state index contributed by atoms with van der Waals surface area (Å²) in [6, 6.07) is 9.47. The van der Waals surface area contributed by atoms with Crippen molar-refractivity contribution in [2.45, 2.75) is 0 Å². The van der Waals surface area contributed by atoms with E-state index >= 15 is 0 Å². The quantitative estimate of drug-likeness (QED) is 0.690. The first-order valence-corrected chi connectivity index (χ1v) is 3.97. The van der Waals surface area contributed by atoms with Gasteiger partial charge in [-0.25, -0.2) is 4.68 Å². The van der Waals surface area contributed by atoms with E-state index in [4.69, 9.17) is 4.74 Å². The second-order valence-electron chi connectivity index (χ2n) is 2.56. The van der Waals surface area contributed by atoms with E-state index in [1.54, 1.807) is 17.9 Å². The van der Waals surface area contributed by atoms with Crippen LogP contribution >= 0.6 is 0 Å². The number of hydrogen-bond donors (Lipinski definition) is 0. The molecule has 1 radical (unpaired) electrons. The third-order valence-corrected chi connectivity index (χ3v) is 1.79. The lowest BCUT2D eigenvalue weighted by molar-refractivity contribution is 0.411. The van der Waals surface area contributed by atoms with Crippen LogP contribution in [0.4, 0.5) is 0 Å². The highest BCUT2D eigenvalue weighted by Crippen LogP contribution is 2.20. The van der Waals surface area contributed by atoms with Crippen molar-refractivity contribution in [2.24, 2.45) is 0 Å². The molecule has 3 heteroatoms. The first kappa shape index (κ1) is 7.86. The fourth-order valence-electron chi connectivity index (χ4n) is 1.19. The van der Waals surface area contributed by atoms with Gasteiger partial charge in [0.25, 0.3) is 0 Å². The summed E-state index contributed by atoms with van der Waals surface area (Å²) in [7, 11) is 1.64. The minimum Gasteiger partial charge on any atom is -0.494 e. The van der Waals surface area contributed by atoms with Gasteiger partial charge in [-0.2, -0.15) is 5.10 Å². The Bertz CT molecular complexity index is 382. The van der Waals surface area contributed by atoms with E-state index in [0.29, 0.717) is 0 Å². The summed E-state index contributed by atoms with van der Waals surface area (Å²) in [4.78, 5) is 0. The molecule has 0 aliphatic carbocycles. The lowest BCUT2D eigenvalue weighted by Crippen LogP contribution is -1.97. The summed E-state index contributed by atoms with van der Waals surface area (Å²) in [5.41, 5.74) is 0.922. The van der Waals surface area contributed by atoms with Crippen molar-refractivity contribution in [2.75, 3.05) is 7.11 Å². The van der Waals surface area contributed by atoms with Gasteiger partial charge in [-0.1, -0.05) is 12.1 Å². The molecule has 0 saturated carbocycles. The van der Waals surface area contributed by atoms with Crippen molar-refractivity contribution in [1.82, 2.24) is 9.78 Å². The topological polar surface area (TPSA) is 27.1 Å². The van der Waals surface area contributed by atoms with E-state index in [1.165, 1.54) is 0 Å². The maximum atomic E-state index is 5.19. The van der Waals surface area contributed by atoms with Gasteiger partial charge in [0.15, 0.2) is 0 Å². The Hall–Kier alpha value is -1.77. The smallest absolute Gasteiger partial charge is 0.144 e. The first-order valence-electron chi connectivity index (χ1n) is 3.97. The lowest BCUT2D eigenvalue weighted by atomic mass is 10.3. The molecular formula is C10H9N2O. The average Bonchev–Trinajstić information content (AvgIpc) is 2.70. The van der Waals surface area contributed by atoms with Crippen LogP contribution in [0.5, 0.6) is 5.75 Å². The van der Waals surface area contributed by atoms with Crippen LogP contribution in [0.2, 0.25) is 0 Å². The molecule has 0 aliphatic rings. The van der Waals surface area contributed by atoms with Gasteiger partial charge in [-0.3, -0.25) is 0 Å². The van der Waals surface area contributed by atoms with Gasteiger partial charge in [0, 0.05) is 6.20 Å². The average molecular weight is 173 g/mol. The Morgan fingerprint density at radius 1 is 1.38 bits per heavy atom. The molecule has 0 bridgehead atoms. The largest absolute Gasteiger partial charge is 0.494 e. The van der Waals surface area contributed by atoms with Crippen molar-refractivity contribution in [3.05, 3.63) is 42.7 Å². The highest BCUT2D eigenvalue weighted by Gasteiger charge is 2.02. The van der Waals surface area contributed by atoms with Gasteiger partial charge in [0.2, 0.25) is 0 Å². The Kier molecular flexibility index (Phi) is 2.00. The number of para-hydroxylation sites is 2. The van der Waals surface area contributed by atoms with Gasteiger partial charge in [0.1, 0.15) is 17.6 Å². The molecule has 0 amide bonds. The van der Waals surface area contributed by atoms with Crippen LogP contribution in [0, 0.1) is 6.20 Å². The normalized spacial score (nSPS) is 9.92. The predicted octanol–water partition coefficient (Wildman–Crippen LogP) is 1.68. The first-order chi connectivity index (χ1) is 6.42. The zero-order chi connectivity index (χ0) is 9.10. The molecule has 2 rings (SSSR count). The summed E-state index contributed by atoms with van der Waals surface area (Å²) in [6.45, 7) is 0. The van der Waals surface area contributed by atoms with Crippen molar-refractivity contribution in [1.29, 1.82) is 0 Å². The van der Waals surface area contributed by atoms with E-state index in [2.05, 4.69) is 11.3 Å². The number of nitrogens with zero attached hydrogens (tertiary/aromatic N) is 2. The highest BCUT2D eigenvalue weighted by molar-refractivity contribution is 5.45. The molecular weight excluding hydrogens is 164 g/mol. The maximum absolute atomic E-state index is 5.19. The molecule has 0 unspecified atom stereocenters. The molecule has 1 aromatic heterocycles. The van der Waals surface area contributed by atoms with E-state index in [9.17, 15) is 0 Å². The predicted molar refractivity (Wildman–Crippen MR) is 49.0 cm³/mol. The lowest BCUT2D eigenvalue weighted by Gasteiger charge is -2.06. The molecule has 0 fully saturated rings. The summed E-state index contributed by atoms with van der Waals surface area (Å²) in [5.74, 6) is 0.805. The van der Waals surface area contributed by atoms with Gasteiger partial charge in [-0.05, 0) is 18.2 Å². The molecule has 2 aromatic rings. The number of ether oxygens (including phenoxy) is 1. The van der Waals surface area contributed by atoms with Gasteiger partial charge in [0.05, 0.1) is 7.11 Å². The van der Waals surface area contributed by atoms with Crippen LogP contribution in [0.3, 0.4) is 0 Å². The number of benzene rings is 1. The summed E-state index contributed by atoms with van der Waals surface area (Å²) >= 11 is 0. The minimum absolute atomic E-state index is 0.805. The number of methoxy groups -OCH3 is 1.